The number of aromatic nitrogens is 5. The molecule has 0 radical (unpaired) electrons. The molecule has 0 atom stereocenters. The van der Waals surface area contributed by atoms with Crippen LogP contribution >= 0.6 is 0 Å². The molecule has 5 rings (SSSR count). The van der Waals surface area contributed by atoms with Crippen LogP contribution in [0.4, 0.5) is 0 Å². The topological polar surface area (TPSA) is 92.2 Å². The predicted molar refractivity (Wildman–Crippen MR) is 135 cm³/mol. The van der Waals surface area contributed by atoms with Crippen molar-refractivity contribution in [2.75, 3.05) is 39.4 Å². The summed E-state index contributed by atoms with van der Waals surface area (Å²) in [5, 5.41) is 13.9. The first kappa shape index (κ1) is 24.1. The number of pyridine rings is 1. The molecule has 1 saturated carbocycles. The minimum atomic E-state index is -0.0207. The van der Waals surface area contributed by atoms with Gasteiger partial charge in [0.1, 0.15) is 0 Å². The van der Waals surface area contributed by atoms with Crippen LogP contribution in [0.25, 0.3) is 10.9 Å². The molecule has 188 valence electrons. The number of fused-ring (bicyclic) bond motifs is 1. The zero-order valence-corrected chi connectivity index (χ0v) is 21.0. The van der Waals surface area contributed by atoms with Crippen molar-refractivity contribution in [1.29, 1.82) is 0 Å². The van der Waals surface area contributed by atoms with Gasteiger partial charge >= 0.3 is 0 Å². The number of nitrogens with one attached hydrogen (secondary N) is 1. The number of hydrogen-bond acceptors (Lipinski definition) is 7. The predicted octanol–water partition coefficient (Wildman–Crippen LogP) is 2.97. The third-order valence-electron chi connectivity index (χ3n) is 7.45. The van der Waals surface area contributed by atoms with Crippen LogP contribution < -0.4 is 5.56 Å². The molecular weight excluding hydrogens is 442 g/mol. The van der Waals surface area contributed by atoms with E-state index in [-0.39, 0.29) is 5.56 Å². The van der Waals surface area contributed by atoms with Gasteiger partial charge in [-0.1, -0.05) is 30.9 Å². The van der Waals surface area contributed by atoms with E-state index in [1.807, 2.05) is 11.6 Å². The molecule has 0 unspecified atom stereocenters. The van der Waals surface area contributed by atoms with Gasteiger partial charge in [-0.25, -0.2) is 4.68 Å². The van der Waals surface area contributed by atoms with Crippen molar-refractivity contribution in [3.8, 4) is 0 Å². The first-order valence-electron chi connectivity index (χ1n) is 13.0. The number of ether oxygens (including phenoxy) is 1. The Morgan fingerprint density at radius 3 is 2.69 bits per heavy atom. The van der Waals surface area contributed by atoms with E-state index in [1.54, 1.807) is 0 Å². The maximum Gasteiger partial charge on any atom is 0.252 e. The number of tetrazole rings is 1. The van der Waals surface area contributed by atoms with Crippen LogP contribution in [0.15, 0.2) is 23.0 Å². The van der Waals surface area contributed by atoms with Gasteiger partial charge in [0.2, 0.25) is 0 Å². The van der Waals surface area contributed by atoms with Crippen molar-refractivity contribution >= 4 is 10.9 Å². The number of morpholine rings is 1. The fraction of sp³-hybridized carbons (Fsp3) is 0.615. The molecular formula is C26H37N7O2. The minimum Gasteiger partial charge on any atom is -0.379 e. The molecule has 0 spiro atoms. The van der Waals surface area contributed by atoms with Gasteiger partial charge in [0.25, 0.3) is 5.56 Å². The average molecular weight is 480 g/mol. The molecule has 1 aromatic carbocycles. The number of rotatable bonds is 8. The SMILES string of the molecule is Cc1cc(C)c2[nH]c(=O)c(CN(CCN3CCOCC3)Cc3nnnn3C3CCCCC3)cc2c1. The highest BCUT2D eigenvalue weighted by Crippen LogP contribution is 2.28. The highest BCUT2D eigenvalue weighted by atomic mass is 16.5. The Labute approximate surface area is 206 Å². The van der Waals surface area contributed by atoms with Gasteiger partial charge in [-0.05, 0) is 60.2 Å². The molecule has 1 saturated heterocycles. The van der Waals surface area contributed by atoms with Crippen LogP contribution in [0.2, 0.25) is 0 Å². The van der Waals surface area contributed by atoms with E-state index in [0.29, 0.717) is 19.1 Å². The minimum absolute atomic E-state index is 0.0207. The van der Waals surface area contributed by atoms with Gasteiger partial charge in [-0.3, -0.25) is 14.6 Å². The Morgan fingerprint density at radius 2 is 1.89 bits per heavy atom. The lowest BCUT2D eigenvalue weighted by Gasteiger charge is -2.30. The largest absolute Gasteiger partial charge is 0.379 e. The molecule has 2 aromatic heterocycles. The number of nitrogens with zero attached hydrogens (tertiary/aromatic N) is 6. The second-order valence-corrected chi connectivity index (χ2v) is 10.2. The van der Waals surface area contributed by atoms with Crippen molar-refractivity contribution in [2.45, 2.75) is 65.1 Å². The Hall–Kier alpha value is -2.62. The van der Waals surface area contributed by atoms with Crippen LogP contribution in [0, 0.1) is 13.8 Å². The molecule has 1 aliphatic heterocycles. The molecule has 0 bridgehead atoms. The van der Waals surface area contributed by atoms with Gasteiger partial charge in [-0.15, -0.1) is 5.10 Å². The van der Waals surface area contributed by atoms with E-state index in [4.69, 9.17) is 4.74 Å². The number of H-pyrrole nitrogens is 1. The molecule has 1 N–H and O–H groups in total. The molecule has 35 heavy (non-hydrogen) atoms. The molecule has 1 aliphatic carbocycles. The molecule has 3 heterocycles. The van der Waals surface area contributed by atoms with Crippen LogP contribution in [0.3, 0.4) is 0 Å². The first-order chi connectivity index (χ1) is 17.1. The number of benzene rings is 1. The summed E-state index contributed by atoms with van der Waals surface area (Å²) < 4.78 is 7.56. The quantitative estimate of drug-likeness (QED) is 0.531. The van der Waals surface area contributed by atoms with Crippen molar-refractivity contribution in [3.63, 3.8) is 0 Å². The third kappa shape index (κ3) is 5.79. The Bertz CT molecular complexity index is 1190. The fourth-order valence-corrected chi connectivity index (χ4v) is 5.54. The maximum atomic E-state index is 13.1. The highest BCUT2D eigenvalue weighted by Gasteiger charge is 2.22. The molecule has 2 fully saturated rings. The van der Waals surface area contributed by atoms with E-state index in [9.17, 15) is 4.79 Å². The summed E-state index contributed by atoms with van der Waals surface area (Å²) in [6.07, 6.45) is 6.03. The first-order valence-corrected chi connectivity index (χ1v) is 13.0. The smallest absolute Gasteiger partial charge is 0.252 e. The molecule has 0 amide bonds. The molecule has 9 nitrogen and oxygen atoms in total. The van der Waals surface area contributed by atoms with E-state index in [0.717, 1.165) is 80.1 Å². The van der Waals surface area contributed by atoms with Gasteiger partial charge in [0.05, 0.1) is 31.3 Å². The Balaban J connectivity index is 1.39. The van der Waals surface area contributed by atoms with E-state index < -0.39 is 0 Å². The lowest BCUT2D eigenvalue weighted by atomic mass is 9.95. The van der Waals surface area contributed by atoms with E-state index in [1.165, 1.54) is 24.8 Å². The monoisotopic (exact) mass is 479 g/mol. The van der Waals surface area contributed by atoms with Crippen LogP contribution in [-0.4, -0.2) is 74.4 Å². The summed E-state index contributed by atoms with van der Waals surface area (Å²) in [5.41, 5.74) is 3.97. The Kier molecular flexibility index (Phi) is 7.55. The average Bonchev–Trinajstić information content (AvgIpc) is 3.33. The molecule has 2 aliphatic rings. The summed E-state index contributed by atoms with van der Waals surface area (Å²) in [6.45, 7) is 10.5. The molecule has 3 aromatic rings. The maximum absolute atomic E-state index is 13.1. The summed E-state index contributed by atoms with van der Waals surface area (Å²) in [4.78, 5) is 21.0. The summed E-state index contributed by atoms with van der Waals surface area (Å²) in [5.74, 6) is 0.891. The van der Waals surface area contributed by atoms with Gasteiger partial charge < -0.3 is 9.72 Å². The second-order valence-electron chi connectivity index (χ2n) is 10.2. The summed E-state index contributed by atoms with van der Waals surface area (Å²) >= 11 is 0. The van der Waals surface area contributed by atoms with Crippen LogP contribution in [0.1, 0.15) is 60.7 Å². The number of aromatic amines is 1. The van der Waals surface area contributed by atoms with E-state index >= 15 is 0 Å². The normalized spacial score (nSPS) is 18.0. The summed E-state index contributed by atoms with van der Waals surface area (Å²) in [7, 11) is 0. The van der Waals surface area contributed by atoms with Crippen molar-refractivity contribution < 1.29 is 4.74 Å². The van der Waals surface area contributed by atoms with Crippen LogP contribution in [0.5, 0.6) is 0 Å². The second kappa shape index (κ2) is 11.0. The Morgan fingerprint density at radius 1 is 1.09 bits per heavy atom. The van der Waals surface area contributed by atoms with Gasteiger partial charge in [-0.2, -0.15) is 0 Å². The van der Waals surface area contributed by atoms with Crippen LogP contribution in [-0.2, 0) is 17.8 Å². The van der Waals surface area contributed by atoms with Gasteiger partial charge in [0, 0.05) is 38.3 Å². The molecule has 9 heteroatoms. The zero-order chi connectivity index (χ0) is 24.2. The lowest BCUT2D eigenvalue weighted by Crippen LogP contribution is -2.41. The third-order valence-corrected chi connectivity index (χ3v) is 7.45. The fourth-order valence-electron chi connectivity index (χ4n) is 5.54. The lowest BCUT2D eigenvalue weighted by molar-refractivity contribution is 0.0322. The zero-order valence-electron chi connectivity index (χ0n) is 21.0. The highest BCUT2D eigenvalue weighted by molar-refractivity contribution is 5.82. The van der Waals surface area contributed by atoms with E-state index in [2.05, 4.69) is 55.4 Å². The van der Waals surface area contributed by atoms with Crippen molar-refractivity contribution in [2.24, 2.45) is 0 Å². The number of aryl methyl sites for hydroxylation is 2. The summed E-state index contributed by atoms with van der Waals surface area (Å²) in [6, 6.07) is 6.69. The van der Waals surface area contributed by atoms with Gasteiger partial charge in [0.15, 0.2) is 5.82 Å². The number of hydrogen-bond donors (Lipinski definition) is 1. The van der Waals surface area contributed by atoms with Crippen molar-refractivity contribution in [1.82, 2.24) is 35.0 Å². The van der Waals surface area contributed by atoms with Crippen molar-refractivity contribution in [3.05, 3.63) is 51.1 Å². The standard InChI is InChI=1S/C26H37N7O2/c1-19-14-20(2)25-21(15-19)16-22(26(34)27-25)17-32(9-8-31-10-12-35-13-11-31)18-24-28-29-30-33(24)23-6-4-3-5-7-23/h14-16,23H,3-13,17-18H2,1-2H3,(H,27,34).